The fourth-order valence-corrected chi connectivity index (χ4v) is 2.52. The van der Waals surface area contributed by atoms with Crippen LogP contribution in [0.5, 0.6) is 0 Å². The number of nitrogens with zero attached hydrogens (tertiary/aromatic N) is 2. The molecular formula is C15H31N3O. The lowest BCUT2D eigenvalue weighted by Crippen LogP contribution is -2.53. The Labute approximate surface area is 118 Å². The zero-order chi connectivity index (χ0) is 14.1. The van der Waals surface area contributed by atoms with E-state index < -0.39 is 0 Å². The Balaban J connectivity index is 2.51. The van der Waals surface area contributed by atoms with E-state index in [0.29, 0.717) is 5.91 Å². The summed E-state index contributed by atoms with van der Waals surface area (Å²) in [7, 11) is 0. The Hall–Kier alpha value is -0.610. The van der Waals surface area contributed by atoms with Crippen molar-refractivity contribution in [2.75, 3.05) is 39.3 Å². The molecule has 1 N–H and O–H groups in total. The van der Waals surface area contributed by atoms with Crippen molar-refractivity contribution in [3.63, 3.8) is 0 Å². The number of rotatable bonds is 8. The molecule has 1 atom stereocenters. The summed E-state index contributed by atoms with van der Waals surface area (Å²) in [5.74, 6) is 0.323. The van der Waals surface area contributed by atoms with E-state index in [1.54, 1.807) is 0 Å². The van der Waals surface area contributed by atoms with Crippen molar-refractivity contribution in [1.82, 2.24) is 15.1 Å². The summed E-state index contributed by atoms with van der Waals surface area (Å²) >= 11 is 0. The average molecular weight is 269 g/mol. The van der Waals surface area contributed by atoms with Crippen molar-refractivity contribution in [2.24, 2.45) is 0 Å². The molecule has 0 spiro atoms. The second-order valence-corrected chi connectivity index (χ2v) is 5.49. The standard InChI is InChI=1S/C15H31N3O/c1-4-6-10-18(11-7-5-2)15(19)14(3)17-12-8-16-9-13-17/h14,16H,4-13H2,1-3H3. The van der Waals surface area contributed by atoms with E-state index in [-0.39, 0.29) is 6.04 Å². The van der Waals surface area contributed by atoms with E-state index in [1.807, 2.05) is 0 Å². The smallest absolute Gasteiger partial charge is 0.239 e. The predicted octanol–water partition coefficient (Wildman–Crippen LogP) is 1.71. The Bertz CT molecular complexity index is 244. The number of carbonyl (C=O) groups is 1. The first-order valence-electron chi connectivity index (χ1n) is 7.94. The Morgan fingerprint density at radius 1 is 1.16 bits per heavy atom. The monoisotopic (exact) mass is 269 g/mol. The van der Waals surface area contributed by atoms with E-state index in [4.69, 9.17) is 0 Å². The summed E-state index contributed by atoms with van der Waals surface area (Å²) in [6.07, 6.45) is 4.53. The van der Waals surface area contributed by atoms with Gasteiger partial charge in [0.2, 0.25) is 5.91 Å². The highest BCUT2D eigenvalue weighted by Crippen LogP contribution is 2.08. The predicted molar refractivity (Wildman–Crippen MR) is 80.3 cm³/mol. The van der Waals surface area contributed by atoms with Crippen molar-refractivity contribution < 1.29 is 4.79 Å². The maximum atomic E-state index is 12.6. The van der Waals surface area contributed by atoms with Crippen molar-refractivity contribution in [2.45, 2.75) is 52.5 Å². The molecule has 0 aliphatic carbocycles. The Kier molecular flexibility index (Phi) is 8.07. The topological polar surface area (TPSA) is 35.6 Å². The number of carbonyl (C=O) groups excluding carboxylic acids is 1. The maximum Gasteiger partial charge on any atom is 0.239 e. The summed E-state index contributed by atoms with van der Waals surface area (Å²) in [4.78, 5) is 17.0. The number of piperazine rings is 1. The summed E-state index contributed by atoms with van der Waals surface area (Å²) < 4.78 is 0. The molecule has 1 fully saturated rings. The molecule has 19 heavy (non-hydrogen) atoms. The Morgan fingerprint density at radius 2 is 1.68 bits per heavy atom. The van der Waals surface area contributed by atoms with E-state index in [0.717, 1.165) is 65.0 Å². The van der Waals surface area contributed by atoms with Gasteiger partial charge in [0.1, 0.15) is 0 Å². The van der Waals surface area contributed by atoms with Gasteiger partial charge >= 0.3 is 0 Å². The first-order chi connectivity index (χ1) is 9.20. The molecule has 0 aromatic rings. The molecule has 0 radical (unpaired) electrons. The second-order valence-electron chi connectivity index (χ2n) is 5.49. The highest BCUT2D eigenvalue weighted by atomic mass is 16.2. The van der Waals surface area contributed by atoms with Crippen LogP contribution in [0.1, 0.15) is 46.5 Å². The van der Waals surface area contributed by atoms with Gasteiger partial charge in [-0.1, -0.05) is 26.7 Å². The molecular weight excluding hydrogens is 238 g/mol. The first-order valence-corrected chi connectivity index (χ1v) is 7.94. The minimum absolute atomic E-state index is 0.0378. The minimum atomic E-state index is 0.0378. The third kappa shape index (κ3) is 5.49. The minimum Gasteiger partial charge on any atom is -0.341 e. The highest BCUT2D eigenvalue weighted by molar-refractivity contribution is 5.81. The van der Waals surface area contributed by atoms with Crippen molar-refractivity contribution >= 4 is 5.91 Å². The molecule has 1 amide bonds. The fraction of sp³-hybridized carbons (Fsp3) is 0.933. The van der Waals surface area contributed by atoms with Crippen LogP contribution in [-0.2, 0) is 4.79 Å². The van der Waals surface area contributed by atoms with Crippen LogP contribution in [0.4, 0.5) is 0 Å². The number of nitrogens with one attached hydrogen (secondary N) is 1. The number of hydrogen-bond donors (Lipinski definition) is 1. The summed E-state index contributed by atoms with van der Waals surface area (Å²) in [6.45, 7) is 12.3. The summed E-state index contributed by atoms with van der Waals surface area (Å²) in [6, 6.07) is 0.0378. The molecule has 1 unspecified atom stereocenters. The van der Waals surface area contributed by atoms with Crippen molar-refractivity contribution in [1.29, 1.82) is 0 Å². The lowest BCUT2D eigenvalue weighted by atomic mass is 10.2. The molecule has 112 valence electrons. The van der Waals surface area contributed by atoms with Gasteiger partial charge in [0.25, 0.3) is 0 Å². The lowest BCUT2D eigenvalue weighted by molar-refractivity contribution is -0.136. The fourth-order valence-electron chi connectivity index (χ4n) is 2.52. The van der Waals surface area contributed by atoms with Crippen LogP contribution in [0.25, 0.3) is 0 Å². The van der Waals surface area contributed by atoms with Crippen LogP contribution >= 0.6 is 0 Å². The molecule has 1 aliphatic rings. The average Bonchev–Trinajstić information content (AvgIpc) is 2.47. The van der Waals surface area contributed by atoms with Crippen LogP contribution < -0.4 is 5.32 Å². The van der Waals surface area contributed by atoms with Gasteiger partial charge in [0, 0.05) is 39.3 Å². The molecule has 1 saturated heterocycles. The largest absolute Gasteiger partial charge is 0.341 e. The molecule has 0 saturated carbocycles. The van der Waals surface area contributed by atoms with Gasteiger partial charge in [-0.25, -0.2) is 0 Å². The molecule has 1 heterocycles. The zero-order valence-corrected chi connectivity index (χ0v) is 13.0. The normalized spacial score (nSPS) is 18.3. The molecule has 1 aliphatic heterocycles. The SMILES string of the molecule is CCCCN(CCCC)C(=O)C(C)N1CCNCC1. The van der Waals surface area contributed by atoms with E-state index in [9.17, 15) is 4.79 Å². The lowest BCUT2D eigenvalue weighted by Gasteiger charge is -2.35. The summed E-state index contributed by atoms with van der Waals surface area (Å²) in [5.41, 5.74) is 0. The van der Waals surface area contributed by atoms with Crippen molar-refractivity contribution in [3.8, 4) is 0 Å². The molecule has 0 aromatic carbocycles. The molecule has 4 heteroatoms. The third-order valence-corrected chi connectivity index (χ3v) is 3.93. The maximum absolute atomic E-state index is 12.6. The van der Waals surface area contributed by atoms with Crippen LogP contribution in [-0.4, -0.2) is 61.0 Å². The van der Waals surface area contributed by atoms with Crippen LogP contribution in [0, 0.1) is 0 Å². The number of hydrogen-bond acceptors (Lipinski definition) is 3. The molecule has 0 aromatic heterocycles. The van der Waals surface area contributed by atoms with Gasteiger partial charge < -0.3 is 10.2 Å². The number of unbranched alkanes of at least 4 members (excludes halogenated alkanes) is 2. The first kappa shape index (κ1) is 16.4. The summed E-state index contributed by atoms with van der Waals surface area (Å²) in [5, 5.41) is 3.34. The highest BCUT2D eigenvalue weighted by Gasteiger charge is 2.26. The van der Waals surface area contributed by atoms with E-state index in [2.05, 4.69) is 35.9 Å². The van der Waals surface area contributed by atoms with Crippen LogP contribution in [0.2, 0.25) is 0 Å². The van der Waals surface area contributed by atoms with Gasteiger partial charge in [-0.2, -0.15) is 0 Å². The zero-order valence-electron chi connectivity index (χ0n) is 13.0. The molecule has 0 bridgehead atoms. The number of amides is 1. The van der Waals surface area contributed by atoms with Gasteiger partial charge in [-0.05, 0) is 19.8 Å². The van der Waals surface area contributed by atoms with Gasteiger partial charge in [-0.3, -0.25) is 9.69 Å². The van der Waals surface area contributed by atoms with Crippen molar-refractivity contribution in [3.05, 3.63) is 0 Å². The molecule has 4 nitrogen and oxygen atoms in total. The van der Waals surface area contributed by atoms with E-state index >= 15 is 0 Å². The van der Waals surface area contributed by atoms with E-state index in [1.165, 1.54) is 0 Å². The van der Waals surface area contributed by atoms with Gasteiger partial charge in [0.15, 0.2) is 0 Å². The van der Waals surface area contributed by atoms with Crippen LogP contribution in [0.15, 0.2) is 0 Å². The van der Waals surface area contributed by atoms with Gasteiger partial charge in [0.05, 0.1) is 6.04 Å². The Morgan fingerprint density at radius 3 is 2.16 bits per heavy atom. The van der Waals surface area contributed by atoms with Gasteiger partial charge in [-0.15, -0.1) is 0 Å². The third-order valence-electron chi connectivity index (χ3n) is 3.93. The molecule has 1 rings (SSSR count). The van der Waals surface area contributed by atoms with Crippen LogP contribution in [0.3, 0.4) is 0 Å². The second kappa shape index (κ2) is 9.32. The quantitative estimate of drug-likeness (QED) is 0.728.